The molecule has 0 bridgehead atoms. The number of hydrogen-bond donors (Lipinski definition) is 14. The Kier molecular flexibility index (Phi) is 46.4. The average molecular weight is 1920 g/mol. The topological polar surface area (TPSA) is 490 Å². The van der Waals surface area contributed by atoms with Crippen molar-refractivity contribution >= 4 is 127 Å². The molecule has 8 aromatic carbocycles. The predicted octanol–water partition coefficient (Wildman–Crippen LogP) is 10.5. The third-order valence-corrected chi connectivity index (χ3v) is 22.8. The van der Waals surface area contributed by atoms with Crippen LogP contribution in [0.1, 0.15) is 67.2 Å². The minimum absolute atomic E-state index is 0.0262. The molecule has 0 aliphatic rings. The van der Waals surface area contributed by atoms with Crippen LogP contribution in [0.2, 0.25) is 0 Å². The molecule has 4 amide bonds. The molecule has 4 aromatic heterocycles. The van der Waals surface area contributed by atoms with Crippen LogP contribution in [0.25, 0.3) is 34.0 Å². The first kappa shape index (κ1) is 111. The maximum absolute atomic E-state index is 12.5. The monoisotopic (exact) mass is 1920 g/mol. The molecule has 12 rings (SSSR count). The highest BCUT2D eigenvalue weighted by Gasteiger charge is 2.32. The number of alkyl halides is 3. The van der Waals surface area contributed by atoms with E-state index in [-0.39, 0.29) is 50.3 Å². The van der Waals surface area contributed by atoms with E-state index in [4.69, 9.17) is 4.74 Å². The standard InChI is InChI=1S/C12H19N3O3S.C11H15N3O2.C11H13N3.C10H11F3N2O.C10H12N4.C9H11N5.2C9H14N2O2S.C6H9N3O2S/c1-13-10-6-5-7-11(8-10)15(19(4,17)18)9-12(16)14(2)3;1-12-9-5-7(10(15)13-2)4-8(6-9)11(16)14-3;1-12-10-5-3-4-9(8-10)11-6-7-14(2)13-11;1-14-8-4-6(9(16)15-2)3-7(5-8)10(11,12)13;1-11-9-5-3-4-8(6-9)10-12-7-13-14(10)2;1-10-8-5-3-4-7(6-8)9-11-13-14(2)12-9;2*1-3-11-14(12,13)9-6-4-5-8(7-9)10-2;1-3-11-5(10)4-8-9-6(7-2)12-4/h5-8,13H,9H2,1-4H3;4-6,12H,1-3H3,(H,13,15)(H,14,16);3-8,12H,1-2H3;3-5,14H,1-2H3,(H,15,16);3-7,11H,1-2H3;3-6,10H,1-2H3;2*4-7,10-11H,3H2,1-2H3;3H2,1-2H3,(H,7,9). The van der Waals surface area contributed by atoms with Crippen LogP contribution in [-0.4, -0.2) is 246 Å². The molecule has 133 heavy (non-hydrogen) atoms. The van der Waals surface area contributed by atoms with E-state index in [1.807, 2.05) is 126 Å². The number of halogens is 3. The van der Waals surface area contributed by atoms with Crippen molar-refractivity contribution in [1.82, 2.24) is 85.2 Å². The van der Waals surface area contributed by atoms with E-state index >= 15 is 0 Å². The number of aromatic nitrogens is 11. The number of nitrogens with zero attached hydrogens (tertiary/aromatic N) is 13. The lowest BCUT2D eigenvalue weighted by Gasteiger charge is -2.24. The van der Waals surface area contributed by atoms with Crippen molar-refractivity contribution in [2.45, 2.75) is 36.7 Å². The lowest BCUT2D eigenvalue weighted by atomic mass is 10.1. The first-order chi connectivity index (χ1) is 63.1. The highest BCUT2D eigenvalue weighted by Crippen LogP contribution is 2.33. The number of carbonyl (C=O) groups excluding carboxylic acids is 5. The molecule has 0 spiro atoms. The highest BCUT2D eigenvalue weighted by atomic mass is 32.2. The van der Waals surface area contributed by atoms with Crippen LogP contribution in [-0.2, 0) is 66.9 Å². The minimum atomic E-state index is -4.46. The quantitative estimate of drug-likeness (QED) is 0.0213. The molecule has 39 nitrogen and oxygen atoms in total. The lowest BCUT2D eigenvalue weighted by molar-refractivity contribution is -0.137. The van der Waals surface area contributed by atoms with E-state index in [2.05, 4.69) is 126 Å². The molecular formula is C87H118F3N27O12S4. The summed E-state index contributed by atoms with van der Waals surface area (Å²) in [6.07, 6.45) is 0.125. The third-order valence-electron chi connectivity index (χ3n) is 17.7. The van der Waals surface area contributed by atoms with E-state index in [0.29, 0.717) is 47.5 Å². The van der Waals surface area contributed by atoms with Crippen molar-refractivity contribution in [2.75, 3.05) is 183 Å². The Labute approximate surface area is 778 Å². The summed E-state index contributed by atoms with van der Waals surface area (Å²) in [5.41, 5.74) is 11.2. The zero-order chi connectivity index (χ0) is 99.2. The van der Waals surface area contributed by atoms with E-state index in [0.717, 1.165) is 90.7 Å². The largest absolute Gasteiger partial charge is 0.461 e. The number of benzene rings is 8. The number of likely N-dealkylation sites (N-methyl/N-ethyl adjacent to an activating group) is 1. The smallest absolute Gasteiger partial charge is 0.416 e. The Morgan fingerprint density at radius 1 is 0.474 bits per heavy atom. The number of aryl methyl sites for hydroxylation is 3. The van der Waals surface area contributed by atoms with Crippen molar-refractivity contribution in [1.29, 1.82) is 0 Å². The number of carbonyl (C=O) groups is 5. The molecule has 0 aliphatic carbocycles. The van der Waals surface area contributed by atoms with Gasteiger partial charge in [-0.25, -0.2) is 49.2 Å². The van der Waals surface area contributed by atoms with Gasteiger partial charge in [0, 0.05) is 211 Å². The molecule has 718 valence electrons. The zero-order valence-electron chi connectivity index (χ0n) is 77.9. The first-order valence-corrected chi connectivity index (χ1v) is 46.3. The van der Waals surface area contributed by atoms with Gasteiger partial charge in [-0.05, 0) is 146 Å². The second-order valence-corrected chi connectivity index (χ2v) is 33.7. The summed E-state index contributed by atoms with van der Waals surface area (Å²) in [5, 5.41) is 62.0. The first-order valence-electron chi connectivity index (χ1n) is 40.6. The van der Waals surface area contributed by atoms with Crippen LogP contribution in [0.15, 0.2) is 210 Å². The molecule has 14 N–H and O–H groups in total. The molecule has 12 aromatic rings. The van der Waals surface area contributed by atoms with Gasteiger partial charge in [0.05, 0.1) is 46.6 Å². The van der Waals surface area contributed by atoms with Gasteiger partial charge in [0.25, 0.3) is 17.7 Å². The maximum Gasteiger partial charge on any atom is 0.416 e. The second-order valence-electron chi connectivity index (χ2n) is 27.3. The summed E-state index contributed by atoms with van der Waals surface area (Å²) < 4.78 is 122. The van der Waals surface area contributed by atoms with Gasteiger partial charge in [-0.3, -0.25) is 28.2 Å². The van der Waals surface area contributed by atoms with Gasteiger partial charge in [0.15, 0.2) is 5.82 Å². The fourth-order valence-corrected chi connectivity index (χ4v) is 14.4. The van der Waals surface area contributed by atoms with Gasteiger partial charge in [0.2, 0.25) is 51.9 Å². The van der Waals surface area contributed by atoms with Gasteiger partial charge < -0.3 is 73.4 Å². The lowest BCUT2D eigenvalue weighted by Crippen LogP contribution is -2.39. The molecule has 0 unspecified atom stereocenters. The average Bonchev–Trinajstić information content (AvgIpc) is 1.19. The third kappa shape index (κ3) is 37.2. The number of esters is 1. The number of ether oxygens (including phenoxy) is 1. The van der Waals surface area contributed by atoms with Crippen molar-refractivity contribution in [3.05, 3.63) is 228 Å². The van der Waals surface area contributed by atoms with Crippen LogP contribution < -0.4 is 77.6 Å². The Hall–Kier alpha value is -14.4. The van der Waals surface area contributed by atoms with Gasteiger partial charge in [-0.1, -0.05) is 79.8 Å². The maximum atomic E-state index is 12.5. The van der Waals surface area contributed by atoms with Crippen LogP contribution >= 0.6 is 11.3 Å². The van der Waals surface area contributed by atoms with E-state index in [1.54, 1.807) is 180 Å². The number of amides is 4. The van der Waals surface area contributed by atoms with Gasteiger partial charge in [-0.2, -0.15) is 28.2 Å². The normalized spacial score (nSPS) is 10.5. The number of nitrogens with one attached hydrogen (secondary N) is 14. The Morgan fingerprint density at radius 3 is 1.29 bits per heavy atom. The molecule has 0 atom stereocenters. The number of anilines is 10. The van der Waals surface area contributed by atoms with Crippen LogP contribution in [0, 0.1) is 0 Å². The van der Waals surface area contributed by atoms with Gasteiger partial charge in [0.1, 0.15) is 12.9 Å². The van der Waals surface area contributed by atoms with Crippen LogP contribution in [0.5, 0.6) is 0 Å². The summed E-state index contributed by atoms with van der Waals surface area (Å²) >= 11 is 1.17. The summed E-state index contributed by atoms with van der Waals surface area (Å²) in [7, 11) is 18.9. The van der Waals surface area contributed by atoms with Gasteiger partial charge in [-0.15, -0.1) is 20.4 Å². The fourth-order valence-electron chi connectivity index (χ4n) is 10.8. The van der Waals surface area contributed by atoms with E-state index < -0.39 is 53.7 Å². The molecule has 0 radical (unpaired) electrons. The molecule has 0 saturated carbocycles. The summed E-state index contributed by atoms with van der Waals surface area (Å²) in [6.45, 7) is 6.18. The van der Waals surface area contributed by atoms with Crippen molar-refractivity contribution < 1.29 is 67.1 Å². The van der Waals surface area contributed by atoms with Crippen molar-refractivity contribution in [3.63, 3.8) is 0 Å². The number of rotatable bonds is 27. The Morgan fingerprint density at radius 2 is 0.902 bits per heavy atom. The predicted molar refractivity (Wildman–Crippen MR) is 521 cm³/mol. The van der Waals surface area contributed by atoms with Crippen LogP contribution in [0.4, 0.5) is 69.5 Å². The molecule has 0 saturated heterocycles. The van der Waals surface area contributed by atoms with Crippen molar-refractivity contribution in [3.8, 4) is 34.0 Å². The van der Waals surface area contributed by atoms with E-state index in [1.165, 1.54) is 41.2 Å². The molecule has 46 heteroatoms. The highest BCUT2D eigenvalue weighted by molar-refractivity contribution is 7.92. The summed E-state index contributed by atoms with van der Waals surface area (Å²) in [4.78, 5) is 64.5. The van der Waals surface area contributed by atoms with E-state index in [9.17, 15) is 62.4 Å². The number of tetrazole rings is 1. The van der Waals surface area contributed by atoms with Crippen LogP contribution in [0.3, 0.4) is 0 Å². The molecule has 4 heterocycles. The SMILES string of the molecule is CCNS(=O)(=O)c1cccc(NC)c1.CCNS(=O)(=O)c1cccc(NC)c1.CCOC(=O)c1nnc(NC)s1.CNC(=O)c1cc(NC)cc(C(=O)NC)c1.CNC(=O)c1cc(NC)cc(C(F)(F)F)c1.CNc1cccc(-c2ccn(C)n2)c1.CNc1cccc(-c2ncnn2C)c1.CNc1cccc(-c2nnn(C)n2)c1.CNc1cccc(N(CC(=O)N(C)C)S(C)(=O)=O)c1. The molecule has 0 fully saturated rings. The fraction of sp³-hybridized carbons (Fsp3) is 0.299. The van der Waals surface area contributed by atoms with Gasteiger partial charge >= 0.3 is 12.1 Å². The second kappa shape index (κ2) is 55.6. The Balaban J connectivity index is 0.000000314. The summed E-state index contributed by atoms with van der Waals surface area (Å²) in [5.74, 6) is -0.171. The number of hydrogen-bond acceptors (Lipinski definition) is 30. The minimum Gasteiger partial charge on any atom is -0.461 e. The summed E-state index contributed by atoms with van der Waals surface area (Å²) in [6, 6.07) is 54.5. The molecular weight excluding hydrogens is 1800 g/mol. The zero-order valence-corrected chi connectivity index (χ0v) is 81.1. The molecule has 0 aliphatic heterocycles. The van der Waals surface area contributed by atoms with Crippen molar-refractivity contribution in [2.24, 2.45) is 21.1 Å². The number of sulfonamides is 3. The Bertz CT molecular complexity index is 5860.